The molecule has 1 N–H and O–H groups in total. The van der Waals surface area contributed by atoms with Crippen LogP contribution in [0.15, 0.2) is 53.6 Å². The van der Waals surface area contributed by atoms with Gasteiger partial charge >= 0.3 is 0 Å². The van der Waals surface area contributed by atoms with Crippen molar-refractivity contribution in [2.75, 3.05) is 37.8 Å². The van der Waals surface area contributed by atoms with Crippen molar-refractivity contribution in [2.24, 2.45) is 5.10 Å². The average Bonchev–Trinajstić information content (AvgIpc) is 2.77. The molecule has 1 saturated heterocycles. The molecule has 1 aliphatic heterocycles. The molecule has 2 aromatic rings. The van der Waals surface area contributed by atoms with Gasteiger partial charge in [-0.1, -0.05) is 12.1 Å². The Kier molecular flexibility index (Phi) is 6.60. The third kappa shape index (κ3) is 5.32. The molecule has 144 valence electrons. The first kappa shape index (κ1) is 19.4. The van der Waals surface area contributed by atoms with E-state index in [0.29, 0.717) is 17.0 Å². The lowest BCUT2D eigenvalue weighted by molar-refractivity contribution is -0.123. The Morgan fingerprint density at radius 2 is 1.86 bits per heavy atom. The molecule has 2 aromatic carbocycles. The number of anilines is 1. The lowest BCUT2D eigenvalue weighted by Gasteiger charge is -2.28. The Hall–Kier alpha value is -3.37. The van der Waals surface area contributed by atoms with Gasteiger partial charge in [0.15, 0.2) is 6.61 Å². The summed E-state index contributed by atoms with van der Waals surface area (Å²) >= 11 is 0. The zero-order valence-corrected chi connectivity index (χ0v) is 15.7. The highest BCUT2D eigenvalue weighted by Gasteiger charge is 2.11. The van der Waals surface area contributed by atoms with E-state index in [0.717, 1.165) is 37.6 Å². The third-order valence-corrected chi connectivity index (χ3v) is 4.36. The highest BCUT2D eigenvalue weighted by atomic mass is 16.5. The van der Waals surface area contributed by atoms with E-state index < -0.39 is 0 Å². The van der Waals surface area contributed by atoms with Gasteiger partial charge in [0.25, 0.3) is 5.91 Å². The van der Waals surface area contributed by atoms with Crippen LogP contribution in [0.25, 0.3) is 0 Å². The molecule has 7 heteroatoms. The van der Waals surface area contributed by atoms with Gasteiger partial charge in [0.1, 0.15) is 5.75 Å². The summed E-state index contributed by atoms with van der Waals surface area (Å²) in [4.78, 5) is 14.2. The molecule has 1 fully saturated rings. The first-order valence-corrected chi connectivity index (χ1v) is 9.05. The van der Waals surface area contributed by atoms with Crippen molar-refractivity contribution in [1.82, 2.24) is 5.43 Å². The molecule has 1 aliphatic rings. The minimum absolute atomic E-state index is 0.154. The Balaban J connectivity index is 1.50. The number of hydrogen-bond donors (Lipinski definition) is 1. The zero-order valence-electron chi connectivity index (χ0n) is 15.7. The van der Waals surface area contributed by atoms with Gasteiger partial charge in [0.2, 0.25) is 0 Å². The number of hydrogen-bond acceptors (Lipinski definition) is 6. The molecule has 3 rings (SSSR count). The second kappa shape index (κ2) is 9.53. The molecule has 0 unspecified atom stereocenters. The Labute approximate surface area is 164 Å². The smallest absolute Gasteiger partial charge is 0.277 e. The average molecular weight is 378 g/mol. The fourth-order valence-corrected chi connectivity index (χ4v) is 2.75. The van der Waals surface area contributed by atoms with Crippen molar-refractivity contribution in [1.29, 1.82) is 5.26 Å². The first-order valence-electron chi connectivity index (χ1n) is 9.05. The maximum absolute atomic E-state index is 11.9. The molecule has 0 spiro atoms. The molecular weight excluding hydrogens is 356 g/mol. The topological polar surface area (TPSA) is 86.9 Å². The molecule has 0 atom stereocenters. The number of carbonyl (C=O) groups excluding carboxylic acids is 1. The fourth-order valence-electron chi connectivity index (χ4n) is 2.75. The molecule has 0 saturated carbocycles. The SMILES string of the molecule is C/C(=N\NC(=O)COc1ccc(C#N)cc1)c1ccc(N2CCOCC2)cc1. The van der Waals surface area contributed by atoms with E-state index >= 15 is 0 Å². The zero-order chi connectivity index (χ0) is 19.8. The summed E-state index contributed by atoms with van der Waals surface area (Å²) in [5, 5.41) is 12.9. The summed E-state index contributed by atoms with van der Waals surface area (Å²) in [5.41, 5.74) is 5.83. The van der Waals surface area contributed by atoms with Gasteiger partial charge in [-0.3, -0.25) is 4.79 Å². The number of nitrogens with one attached hydrogen (secondary N) is 1. The number of nitriles is 1. The summed E-state index contributed by atoms with van der Waals surface area (Å²) in [6, 6.07) is 16.7. The second-order valence-electron chi connectivity index (χ2n) is 6.30. The molecule has 0 aromatic heterocycles. The Morgan fingerprint density at radius 3 is 2.50 bits per heavy atom. The molecule has 1 amide bonds. The van der Waals surface area contributed by atoms with Crippen LogP contribution in [0.1, 0.15) is 18.1 Å². The molecule has 0 aliphatic carbocycles. The monoisotopic (exact) mass is 378 g/mol. The van der Waals surface area contributed by atoms with Crippen LogP contribution < -0.4 is 15.1 Å². The predicted octanol–water partition coefficient (Wildman–Crippen LogP) is 2.31. The highest BCUT2D eigenvalue weighted by Crippen LogP contribution is 2.17. The van der Waals surface area contributed by atoms with Crippen molar-refractivity contribution in [3.63, 3.8) is 0 Å². The predicted molar refractivity (Wildman–Crippen MR) is 106 cm³/mol. The summed E-state index contributed by atoms with van der Waals surface area (Å²) in [5.74, 6) is 0.169. The molecule has 7 nitrogen and oxygen atoms in total. The van der Waals surface area contributed by atoms with Crippen LogP contribution in [0, 0.1) is 11.3 Å². The number of rotatable bonds is 6. The van der Waals surface area contributed by atoms with Gasteiger partial charge in [-0.05, 0) is 48.9 Å². The first-order chi connectivity index (χ1) is 13.7. The quantitative estimate of drug-likeness (QED) is 0.616. The lowest BCUT2D eigenvalue weighted by Crippen LogP contribution is -2.36. The Morgan fingerprint density at radius 1 is 1.18 bits per heavy atom. The lowest BCUT2D eigenvalue weighted by atomic mass is 10.1. The van der Waals surface area contributed by atoms with Crippen LogP contribution in [0.4, 0.5) is 5.69 Å². The molecular formula is C21H22N4O3. The molecule has 0 bridgehead atoms. The summed E-state index contributed by atoms with van der Waals surface area (Å²) < 4.78 is 10.8. The normalized spacial score (nSPS) is 14.3. The maximum Gasteiger partial charge on any atom is 0.277 e. The van der Waals surface area contributed by atoms with E-state index in [1.807, 2.05) is 25.1 Å². The van der Waals surface area contributed by atoms with Gasteiger partial charge in [0.05, 0.1) is 30.6 Å². The maximum atomic E-state index is 11.9. The van der Waals surface area contributed by atoms with E-state index in [9.17, 15) is 4.79 Å². The number of amides is 1. The van der Waals surface area contributed by atoms with Crippen LogP contribution in [0.5, 0.6) is 5.75 Å². The highest BCUT2D eigenvalue weighted by molar-refractivity contribution is 5.99. The summed E-state index contributed by atoms with van der Waals surface area (Å²) in [6.45, 7) is 4.96. The number of ether oxygens (including phenoxy) is 2. The van der Waals surface area contributed by atoms with E-state index in [-0.39, 0.29) is 12.5 Å². The van der Waals surface area contributed by atoms with Gasteiger partial charge in [0, 0.05) is 18.8 Å². The van der Waals surface area contributed by atoms with Gasteiger partial charge < -0.3 is 14.4 Å². The fraction of sp³-hybridized carbons (Fsp3) is 0.286. The number of benzene rings is 2. The van der Waals surface area contributed by atoms with Gasteiger partial charge in [-0.25, -0.2) is 5.43 Å². The van der Waals surface area contributed by atoms with Crippen molar-refractivity contribution < 1.29 is 14.3 Å². The van der Waals surface area contributed by atoms with Gasteiger partial charge in [-0.15, -0.1) is 0 Å². The van der Waals surface area contributed by atoms with Crippen LogP contribution in [0.2, 0.25) is 0 Å². The third-order valence-electron chi connectivity index (χ3n) is 4.36. The summed E-state index contributed by atoms with van der Waals surface area (Å²) in [6.07, 6.45) is 0. The summed E-state index contributed by atoms with van der Waals surface area (Å²) in [7, 11) is 0. The van der Waals surface area contributed by atoms with Crippen LogP contribution in [-0.2, 0) is 9.53 Å². The largest absolute Gasteiger partial charge is 0.484 e. The number of hydrazone groups is 1. The van der Waals surface area contributed by atoms with Crippen molar-refractivity contribution in [2.45, 2.75) is 6.92 Å². The number of carbonyl (C=O) groups is 1. The number of morpholine rings is 1. The van der Waals surface area contributed by atoms with Crippen molar-refractivity contribution in [3.05, 3.63) is 59.7 Å². The van der Waals surface area contributed by atoms with E-state index in [1.165, 1.54) is 0 Å². The number of nitrogens with zero attached hydrogens (tertiary/aromatic N) is 3. The van der Waals surface area contributed by atoms with Crippen LogP contribution in [0.3, 0.4) is 0 Å². The van der Waals surface area contributed by atoms with E-state index in [4.69, 9.17) is 14.7 Å². The molecule has 0 radical (unpaired) electrons. The van der Waals surface area contributed by atoms with Crippen LogP contribution >= 0.6 is 0 Å². The second-order valence-corrected chi connectivity index (χ2v) is 6.30. The minimum atomic E-state index is -0.353. The van der Waals surface area contributed by atoms with Gasteiger partial charge in [-0.2, -0.15) is 10.4 Å². The van der Waals surface area contributed by atoms with E-state index in [1.54, 1.807) is 24.3 Å². The molecule has 28 heavy (non-hydrogen) atoms. The van der Waals surface area contributed by atoms with Crippen molar-refractivity contribution >= 4 is 17.3 Å². The van der Waals surface area contributed by atoms with E-state index in [2.05, 4.69) is 27.6 Å². The minimum Gasteiger partial charge on any atom is -0.484 e. The Bertz CT molecular complexity index is 864. The molecule has 1 heterocycles. The van der Waals surface area contributed by atoms with Crippen molar-refractivity contribution in [3.8, 4) is 11.8 Å². The standard InChI is InChI=1S/C21H22N4O3/c1-16(18-4-6-19(7-5-18)25-10-12-27-13-11-25)23-24-21(26)15-28-20-8-2-17(14-22)3-9-20/h2-9H,10-13,15H2,1H3,(H,24,26)/b23-16+. The van der Waals surface area contributed by atoms with Crippen LogP contribution in [-0.4, -0.2) is 44.5 Å².